The first-order valence-corrected chi connectivity index (χ1v) is 7.38. The van der Waals surface area contributed by atoms with E-state index in [0.29, 0.717) is 12.3 Å². The molecule has 0 spiro atoms. The maximum atomic E-state index is 10.7. The van der Waals surface area contributed by atoms with Crippen LogP contribution in [0.1, 0.15) is 59.7 Å². The second-order valence-electron chi connectivity index (χ2n) is 5.03. The molecule has 0 radical (unpaired) electrons. The summed E-state index contributed by atoms with van der Waals surface area (Å²) in [6.07, 6.45) is 5.54. The standard InChI is InChI=1S/C13H17NO3S/c15-11(16)6-5-10-12(8-3-4-8)14-13(18-10)9-2-1-7-17-9/h8-9H,1-7H2,(H,15,16). The van der Waals surface area contributed by atoms with E-state index in [-0.39, 0.29) is 12.5 Å². The summed E-state index contributed by atoms with van der Waals surface area (Å²) in [6.45, 7) is 0.827. The van der Waals surface area contributed by atoms with Crippen molar-refractivity contribution in [3.05, 3.63) is 15.6 Å². The number of rotatable bonds is 5. The number of ether oxygens (including phenoxy) is 1. The first-order valence-electron chi connectivity index (χ1n) is 6.57. The molecule has 1 saturated heterocycles. The van der Waals surface area contributed by atoms with E-state index in [2.05, 4.69) is 0 Å². The van der Waals surface area contributed by atoms with Crippen molar-refractivity contribution < 1.29 is 14.6 Å². The van der Waals surface area contributed by atoms with Crippen LogP contribution in [0, 0.1) is 0 Å². The first-order chi connectivity index (χ1) is 8.74. The van der Waals surface area contributed by atoms with E-state index in [1.165, 1.54) is 17.7 Å². The van der Waals surface area contributed by atoms with Crippen molar-refractivity contribution in [2.75, 3.05) is 6.61 Å². The van der Waals surface area contributed by atoms with E-state index in [0.717, 1.165) is 30.2 Å². The van der Waals surface area contributed by atoms with Crippen molar-refractivity contribution >= 4 is 17.3 Å². The molecule has 1 unspecified atom stereocenters. The van der Waals surface area contributed by atoms with Crippen LogP contribution in [0.25, 0.3) is 0 Å². The number of aromatic nitrogens is 1. The molecule has 4 nitrogen and oxygen atoms in total. The Morgan fingerprint density at radius 1 is 1.44 bits per heavy atom. The third-order valence-electron chi connectivity index (χ3n) is 3.48. The average Bonchev–Trinajstić information content (AvgIpc) is 2.91. The SMILES string of the molecule is O=C(O)CCc1sc(C2CCCO2)nc1C1CC1. The molecule has 1 saturated carbocycles. The number of hydrogen-bond donors (Lipinski definition) is 1. The lowest BCUT2D eigenvalue weighted by atomic mass is 10.2. The number of carbonyl (C=O) groups is 1. The van der Waals surface area contributed by atoms with Crippen LogP contribution in [0.3, 0.4) is 0 Å². The monoisotopic (exact) mass is 267 g/mol. The van der Waals surface area contributed by atoms with Gasteiger partial charge in [0.2, 0.25) is 0 Å². The molecule has 2 fully saturated rings. The maximum Gasteiger partial charge on any atom is 0.303 e. The predicted octanol–water partition coefficient (Wildman–Crippen LogP) is 2.89. The summed E-state index contributed by atoms with van der Waals surface area (Å²) >= 11 is 1.67. The van der Waals surface area contributed by atoms with Gasteiger partial charge in [0.1, 0.15) is 11.1 Å². The third kappa shape index (κ3) is 2.57. The summed E-state index contributed by atoms with van der Waals surface area (Å²) in [6, 6.07) is 0. The topological polar surface area (TPSA) is 59.4 Å². The number of hydrogen-bond acceptors (Lipinski definition) is 4. The van der Waals surface area contributed by atoms with Crippen LogP contribution in [0.5, 0.6) is 0 Å². The molecule has 2 aliphatic rings. The maximum absolute atomic E-state index is 10.7. The van der Waals surface area contributed by atoms with E-state index in [9.17, 15) is 4.79 Å². The Morgan fingerprint density at radius 2 is 2.28 bits per heavy atom. The van der Waals surface area contributed by atoms with Crippen LogP contribution >= 0.6 is 11.3 Å². The number of aliphatic carboxylic acids is 1. The third-order valence-corrected chi connectivity index (χ3v) is 4.70. The van der Waals surface area contributed by atoms with Crippen LogP contribution in [0.15, 0.2) is 0 Å². The number of nitrogens with zero attached hydrogens (tertiary/aromatic N) is 1. The lowest BCUT2D eigenvalue weighted by molar-refractivity contribution is -0.136. The Balaban J connectivity index is 1.79. The molecule has 1 aliphatic heterocycles. The molecular formula is C13H17NO3S. The van der Waals surface area contributed by atoms with Crippen molar-refractivity contribution in [1.29, 1.82) is 0 Å². The van der Waals surface area contributed by atoms with Gasteiger partial charge in [-0.1, -0.05) is 0 Å². The number of thiazole rings is 1. The Kier molecular flexibility index (Phi) is 3.35. The summed E-state index contributed by atoms with van der Waals surface area (Å²) in [7, 11) is 0. The van der Waals surface area contributed by atoms with Gasteiger partial charge in [0.05, 0.1) is 12.1 Å². The molecule has 1 aliphatic carbocycles. The number of carboxylic acid groups (broad SMARTS) is 1. The van der Waals surface area contributed by atoms with Crippen molar-refractivity contribution in [1.82, 2.24) is 4.98 Å². The van der Waals surface area contributed by atoms with Gasteiger partial charge in [0.15, 0.2) is 0 Å². The second-order valence-corrected chi connectivity index (χ2v) is 6.15. The summed E-state index contributed by atoms with van der Waals surface area (Å²) in [4.78, 5) is 16.6. The molecule has 0 bridgehead atoms. The molecule has 1 atom stereocenters. The summed E-state index contributed by atoms with van der Waals surface area (Å²) in [5.74, 6) is -0.149. The van der Waals surface area contributed by atoms with Gasteiger partial charge in [-0.3, -0.25) is 4.79 Å². The average molecular weight is 267 g/mol. The molecule has 1 N–H and O–H groups in total. The fourth-order valence-electron chi connectivity index (χ4n) is 2.37. The van der Waals surface area contributed by atoms with Gasteiger partial charge in [-0.15, -0.1) is 11.3 Å². The molecule has 0 aromatic carbocycles. The second kappa shape index (κ2) is 4.97. The van der Waals surface area contributed by atoms with Crippen molar-refractivity contribution in [3.63, 3.8) is 0 Å². The molecule has 18 heavy (non-hydrogen) atoms. The molecule has 3 rings (SSSR count). The lowest BCUT2D eigenvalue weighted by Crippen LogP contribution is -1.98. The Morgan fingerprint density at radius 3 is 2.89 bits per heavy atom. The van der Waals surface area contributed by atoms with E-state index < -0.39 is 5.97 Å². The summed E-state index contributed by atoms with van der Waals surface area (Å²) < 4.78 is 5.66. The molecular weight excluding hydrogens is 250 g/mol. The Hall–Kier alpha value is -0.940. The van der Waals surface area contributed by atoms with Crippen molar-refractivity contribution in [2.45, 2.75) is 50.5 Å². The summed E-state index contributed by atoms with van der Waals surface area (Å²) in [5, 5.41) is 9.86. The van der Waals surface area contributed by atoms with Crippen LogP contribution in [-0.4, -0.2) is 22.7 Å². The predicted molar refractivity (Wildman–Crippen MR) is 68.0 cm³/mol. The normalized spacial score (nSPS) is 23.4. The zero-order chi connectivity index (χ0) is 12.5. The minimum Gasteiger partial charge on any atom is -0.481 e. The van der Waals surface area contributed by atoms with E-state index >= 15 is 0 Å². The first kappa shape index (κ1) is 12.1. The zero-order valence-electron chi connectivity index (χ0n) is 10.2. The lowest BCUT2D eigenvalue weighted by Gasteiger charge is -2.03. The van der Waals surface area contributed by atoms with Crippen molar-refractivity contribution in [2.24, 2.45) is 0 Å². The van der Waals surface area contributed by atoms with Gasteiger partial charge in [-0.2, -0.15) is 0 Å². The van der Waals surface area contributed by atoms with Crippen LogP contribution in [-0.2, 0) is 16.0 Å². The van der Waals surface area contributed by atoms with Crippen molar-refractivity contribution in [3.8, 4) is 0 Å². The molecule has 1 aromatic heterocycles. The fourth-order valence-corrected chi connectivity index (χ4v) is 3.60. The quantitative estimate of drug-likeness (QED) is 0.891. The van der Waals surface area contributed by atoms with Gasteiger partial charge in [-0.25, -0.2) is 4.98 Å². The van der Waals surface area contributed by atoms with Crippen LogP contribution < -0.4 is 0 Å². The summed E-state index contributed by atoms with van der Waals surface area (Å²) in [5.41, 5.74) is 1.16. The van der Waals surface area contributed by atoms with Gasteiger partial charge in [0, 0.05) is 17.4 Å². The van der Waals surface area contributed by atoms with Gasteiger partial charge in [0.25, 0.3) is 0 Å². The van der Waals surface area contributed by atoms with E-state index in [1.54, 1.807) is 11.3 Å². The van der Waals surface area contributed by atoms with Gasteiger partial charge >= 0.3 is 5.97 Å². The van der Waals surface area contributed by atoms with E-state index in [4.69, 9.17) is 14.8 Å². The highest BCUT2D eigenvalue weighted by molar-refractivity contribution is 7.11. The van der Waals surface area contributed by atoms with Crippen LogP contribution in [0.2, 0.25) is 0 Å². The highest BCUT2D eigenvalue weighted by atomic mass is 32.1. The Labute approximate surface area is 110 Å². The molecule has 98 valence electrons. The minimum absolute atomic E-state index is 0.158. The molecule has 2 heterocycles. The largest absolute Gasteiger partial charge is 0.481 e. The minimum atomic E-state index is -0.733. The van der Waals surface area contributed by atoms with E-state index in [1.807, 2.05) is 0 Å². The highest BCUT2D eigenvalue weighted by Gasteiger charge is 2.31. The Bertz CT molecular complexity index is 447. The number of aryl methyl sites for hydroxylation is 1. The fraction of sp³-hybridized carbons (Fsp3) is 0.692. The zero-order valence-corrected chi connectivity index (χ0v) is 11.0. The highest BCUT2D eigenvalue weighted by Crippen LogP contribution is 2.44. The van der Waals surface area contributed by atoms with Crippen LogP contribution in [0.4, 0.5) is 0 Å². The molecule has 0 amide bonds. The molecule has 1 aromatic rings. The van der Waals surface area contributed by atoms with Gasteiger partial charge < -0.3 is 9.84 Å². The smallest absolute Gasteiger partial charge is 0.303 e. The number of carboxylic acids is 1. The molecule has 5 heteroatoms. The van der Waals surface area contributed by atoms with Gasteiger partial charge in [-0.05, 0) is 32.1 Å².